The van der Waals surface area contributed by atoms with Crippen LogP contribution in [0.25, 0.3) is 5.69 Å². The summed E-state index contributed by atoms with van der Waals surface area (Å²) in [6.45, 7) is 0.817. The number of rotatable bonds is 5. The van der Waals surface area contributed by atoms with Crippen LogP contribution < -0.4 is 5.32 Å². The summed E-state index contributed by atoms with van der Waals surface area (Å²) in [4.78, 5) is 1.29. The summed E-state index contributed by atoms with van der Waals surface area (Å²) in [5.41, 5.74) is 3.43. The highest BCUT2D eigenvalue weighted by Crippen LogP contribution is 2.17. The highest BCUT2D eigenvalue weighted by atomic mass is 32.2. The van der Waals surface area contributed by atoms with E-state index in [2.05, 4.69) is 53.1 Å². The van der Waals surface area contributed by atoms with E-state index in [1.165, 1.54) is 10.5 Å². The van der Waals surface area contributed by atoms with Crippen molar-refractivity contribution >= 4 is 17.4 Å². The van der Waals surface area contributed by atoms with Gasteiger partial charge in [-0.25, -0.2) is 4.68 Å². The summed E-state index contributed by atoms with van der Waals surface area (Å²) >= 11 is 1.76. The maximum atomic E-state index is 4.25. The minimum atomic E-state index is 0.817. The molecule has 1 heterocycles. The Labute approximate surface area is 129 Å². The van der Waals surface area contributed by atoms with Crippen molar-refractivity contribution in [2.45, 2.75) is 11.4 Å². The molecule has 0 aliphatic heterocycles. The van der Waals surface area contributed by atoms with E-state index < -0.39 is 0 Å². The average molecular weight is 295 g/mol. The summed E-state index contributed by atoms with van der Waals surface area (Å²) in [7, 11) is 0. The predicted molar refractivity (Wildman–Crippen MR) is 89.1 cm³/mol. The van der Waals surface area contributed by atoms with Gasteiger partial charge in [-0.2, -0.15) is 5.10 Å². The Kier molecular flexibility index (Phi) is 4.26. The Morgan fingerprint density at radius 1 is 1.10 bits per heavy atom. The molecule has 3 aromatic rings. The van der Waals surface area contributed by atoms with Crippen LogP contribution in [0.3, 0.4) is 0 Å². The molecule has 0 spiro atoms. The van der Waals surface area contributed by atoms with Crippen molar-refractivity contribution in [3.63, 3.8) is 0 Å². The Bertz CT molecular complexity index is 690. The van der Waals surface area contributed by atoms with E-state index in [4.69, 9.17) is 0 Å². The topological polar surface area (TPSA) is 29.9 Å². The number of hydrogen-bond acceptors (Lipinski definition) is 3. The first kappa shape index (κ1) is 13.8. The van der Waals surface area contributed by atoms with E-state index in [1.807, 2.05) is 29.1 Å². The number of thioether (sulfide) groups is 1. The van der Waals surface area contributed by atoms with Crippen LogP contribution in [0.15, 0.2) is 71.9 Å². The second-order valence-corrected chi connectivity index (χ2v) is 5.58. The van der Waals surface area contributed by atoms with Crippen molar-refractivity contribution in [3.05, 3.63) is 72.6 Å². The summed E-state index contributed by atoms with van der Waals surface area (Å²) < 4.78 is 1.86. The average Bonchev–Trinajstić information content (AvgIpc) is 3.08. The predicted octanol–water partition coefficient (Wildman–Crippen LogP) is 4.21. The van der Waals surface area contributed by atoms with E-state index in [-0.39, 0.29) is 0 Å². The first-order valence-corrected chi connectivity index (χ1v) is 8.04. The van der Waals surface area contributed by atoms with Gasteiger partial charge in [-0.05, 0) is 48.2 Å². The molecule has 1 N–H and O–H groups in total. The van der Waals surface area contributed by atoms with Crippen molar-refractivity contribution < 1.29 is 0 Å². The molecule has 0 saturated carbocycles. The number of benzene rings is 2. The molecule has 106 valence electrons. The molecule has 0 saturated heterocycles. The van der Waals surface area contributed by atoms with Crippen LogP contribution in [-0.2, 0) is 6.54 Å². The highest BCUT2D eigenvalue weighted by Gasteiger charge is 1.99. The van der Waals surface area contributed by atoms with Gasteiger partial charge in [0.25, 0.3) is 0 Å². The Morgan fingerprint density at radius 2 is 1.95 bits per heavy atom. The minimum Gasteiger partial charge on any atom is -0.381 e. The molecule has 1 aromatic heterocycles. The van der Waals surface area contributed by atoms with Gasteiger partial charge in [0.2, 0.25) is 0 Å². The third kappa shape index (κ3) is 3.47. The second-order valence-electron chi connectivity index (χ2n) is 4.70. The van der Waals surface area contributed by atoms with Gasteiger partial charge in [-0.3, -0.25) is 0 Å². The maximum absolute atomic E-state index is 4.25. The molecule has 21 heavy (non-hydrogen) atoms. The molecule has 0 aliphatic carbocycles. The molecule has 0 aliphatic rings. The molecule has 3 nitrogen and oxygen atoms in total. The van der Waals surface area contributed by atoms with Crippen molar-refractivity contribution in [2.75, 3.05) is 11.6 Å². The van der Waals surface area contributed by atoms with Gasteiger partial charge in [0.1, 0.15) is 0 Å². The van der Waals surface area contributed by atoms with Crippen molar-refractivity contribution in [2.24, 2.45) is 0 Å². The first-order chi connectivity index (χ1) is 10.3. The fourth-order valence-corrected chi connectivity index (χ4v) is 2.54. The summed E-state index contributed by atoms with van der Waals surface area (Å²) in [5.74, 6) is 0. The van der Waals surface area contributed by atoms with Crippen molar-refractivity contribution in [1.82, 2.24) is 9.78 Å². The Balaban J connectivity index is 1.68. The molecule has 0 unspecified atom stereocenters. The van der Waals surface area contributed by atoms with E-state index in [0.717, 1.165) is 17.9 Å². The van der Waals surface area contributed by atoms with Crippen LogP contribution in [0.2, 0.25) is 0 Å². The Morgan fingerprint density at radius 3 is 2.67 bits per heavy atom. The largest absolute Gasteiger partial charge is 0.381 e. The standard InChI is InChI=1S/C17H17N3S/c1-21-17-8-6-14(7-9-17)13-18-15-4-2-5-16(12-15)20-11-3-10-19-20/h2-12,18H,13H2,1H3. The second kappa shape index (κ2) is 6.50. The van der Waals surface area contributed by atoms with Crippen molar-refractivity contribution in [3.8, 4) is 5.69 Å². The van der Waals surface area contributed by atoms with Gasteiger partial charge < -0.3 is 5.32 Å². The van der Waals surface area contributed by atoms with Gasteiger partial charge in [0, 0.05) is 29.5 Å². The number of hydrogen-bond donors (Lipinski definition) is 1. The van der Waals surface area contributed by atoms with E-state index in [9.17, 15) is 0 Å². The van der Waals surface area contributed by atoms with E-state index in [0.29, 0.717) is 0 Å². The molecule has 4 heteroatoms. The van der Waals surface area contributed by atoms with Crippen LogP contribution >= 0.6 is 11.8 Å². The first-order valence-electron chi connectivity index (χ1n) is 6.82. The van der Waals surface area contributed by atoms with Crippen molar-refractivity contribution in [1.29, 1.82) is 0 Å². The molecule has 2 aromatic carbocycles. The summed E-state index contributed by atoms with van der Waals surface area (Å²) in [6, 6.07) is 18.8. The van der Waals surface area contributed by atoms with Gasteiger partial charge in [0.05, 0.1) is 5.69 Å². The monoisotopic (exact) mass is 295 g/mol. The molecule has 3 rings (SSSR count). The smallest absolute Gasteiger partial charge is 0.0666 e. The Hall–Kier alpha value is -2.20. The molecular weight excluding hydrogens is 278 g/mol. The van der Waals surface area contributed by atoms with Gasteiger partial charge in [0.15, 0.2) is 0 Å². The number of aromatic nitrogens is 2. The van der Waals surface area contributed by atoms with Gasteiger partial charge >= 0.3 is 0 Å². The third-order valence-electron chi connectivity index (χ3n) is 3.27. The lowest BCUT2D eigenvalue weighted by Gasteiger charge is -2.09. The summed E-state index contributed by atoms with van der Waals surface area (Å²) in [5, 5.41) is 7.70. The maximum Gasteiger partial charge on any atom is 0.0666 e. The highest BCUT2D eigenvalue weighted by molar-refractivity contribution is 7.98. The molecule has 0 atom stereocenters. The molecular formula is C17H17N3S. The van der Waals surface area contributed by atoms with Crippen LogP contribution in [-0.4, -0.2) is 16.0 Å². The lowest BCUT2D eigenvalue weighted by molar-refractivity contribution is 0.880. The van der Waals surface area contributed by atoms with Crippen LogP contribution in [0, 0.1) is 0 Å². The van der Waals surface area contributed by atoms with E-state index in [1.54, 1.807) is 18.0 Å². The van der Waals surface area contributed by atoms with Crippen LogP contribution in [0.4, 0.5) is 5.69 Å². The third-order valence-corrected chi connectivity index (χ3v) is 4.01. The van der Waals surface area contributed by atoms with E-state index >= 15 is 0 Å². The SMILES string of the molecule is CSc1ccc(CNc2cccc(-n3cccn3)c2)cc1. The molecule has 0 radical (unpaired) electrons. The van der Waals surface area contributed by atoms with Crippen LogP contribution in [0.1, 0.15) is 5.56 Å². The fraction of sp³-hybridized carbons (Fsp3) is 0.118. The summed E-state index contributed by atoms with van der Waals surface area (Å²) in [6.07, 6.45) is 5.82. The molecule has 0 bridgehead atoms. The number of nitrogens with one attached hydrogen (secondary N) is 1. The number of nitrogens with zero attached hydrogens (tertiary/aromatic N) is 2. The molecule has 0 amide bonds. The normalized spacial score (nSPS) is 10.5. The molecule has 0 fully saturated rings. The van der Waals surface area contributed by atoms with Gasteiger partial charge in [-0.1, -0.05) is 18.2 Å². The fourth-order valence-electron chi connectivity index (χ4n) is 2.13. The minimum absolute atomic E-state index is 0.817. The van der Waals surface area contributed by atoms with Gasteiger partial charge in [-0.15, -0.1) is 11.8 Å². The zero-order valence-corrected chi connectivity index (χ0v) is 12.7. The quantitative estimate of drug-likeness (QED) is 0.715. The zero-order chi connectivity index (χ0) is 14.5. The lowest BCUT2D eigenvalue weighted by atomic mass is 10.2. The lowest BCUT2D eigenvalue weighted by Crippen LogP contribution is -2.01. The van der Waals surface area contributed by atoms with Crippen LogP contribution in [0.5, 0.6) is 0 Å². The zero-order valence-electron chi connectivity index (χ0n) is 11.9. The number of anilines is 1.